The maximum absolute atomic E-state index is 11.3. The molecule has 0 radical (unpaired) electrons. The van der Waals surface area contributed by atoms with Crippen LogP contribution in [0.5, 0.6) is 0 Å². The van der Waals surface area contributed by atoms with E-state index >= 15 is 0 Å². The highest BCUT2D eigenvalue weighted by molar-refractivity contribution is 6.05. The SMILES string of the molecule is CN1C(=O)[C@@H]2CNC[C@H]2C1=O. The molecule has 2 saturated heterocycles. The number of carbonyl (C=O) groups is 2. The van der Waals surface area contributed by atoms with Gasteiger partial charge < -0.3 is 5.32 Å². The van der Waals surface area contributed by atoms with E-state index in [2.05, 4.69) is 5.32 Å². The number of nitrogens with zero attached hydrogens (tertiary/aromatic N) is 1. The van der Waals surface area contributed by atoms with Gasteiger partial charge in [0, 0.05) is 20.1 Å². The van der Waals surface area contributed by atoms with Crippen molar-refractivity contribution in [1.29, 1.82) is 0 Å². The lowest BCUT2D eigenvalue weighted by Gasteiger charge is -2.07. The van der Waals surface area contributed by atoms with Crippen molar-refractivity contribution in [3.63, 3.8) is 0 Å². The van der Waals surface area contributed by atoms with E-state index < -0.39 is 0 Å². The summed E-state index contributed by atoms with van der Waals surface area (Å²) >= 11 is 0. The van der Waals surface area contributed by atoms with Crippen molar-refractivity contribution in [2.75, 3.05) is 20.1 Å². The zero-order valence-electron chi connectivity index (χ0n) is 6.33. The van der Waals surface area contributed by atoms with Gasteiger partial charge in [-0.1, -0.05) is 0 Å². The Morgan fingerprint density at radius 3 is 2.18 bits per heavy atom. The van der Waals surface area contributed by atoms with E-state index in [0.29, 0.717) is 13.1 Å². The number of nitrogens with one attached hydrogen (secondary N) is 1. The number of fused-ring (bicyclic) bond motifs is 1. The fourth-order valence-corrected chi connectivity index (χ4v) is 1.80. The van der Waals surface area contributed by atoms with Crippen LogP contribution in [-0.4, -0.2) is 36.9 Å². The average molecular weight is 154 g/mol. The van der Waals surface area contributed by atoms with Crippen molar-refractivity contribution < 1.29 is 9.59 Å². The van der Waals surface area contributed by atoms with Gasteiger partial charge in [-0.05, 0) is 0 Å². The predicted octanol–water partition coefficient (Wildman–Crippen LogP) is -1.18. The van der Waals surface area contributed by atoms with Crippen molar-refractivity contribution in [2.24, 2.45) is 11.8 Å². The number of carbonyl (C=O) groups excluding carboxylic acids is 2. The molecule has 2 rings (SSSR count). The van der Waals surface area contributed by atoms with E-state index in [-0.39, 0.29) is 23.7 Å². The van der Waals surface area contributed by atoms with Crippen LogP contribution in [0.2, 0.25) is 0 Å². The number of hydrogen-bond donors (Lipinski definition) is 1. The fraction of sp³-hybridized carbons (Fsp3) is 0.714. The molecule has 0 aromatic heterocycles. The van der Waals surface area contributed by atoms with Gasteiger partial charge in [0.15, 0.2) is 0 Å². The van der Waals surface area contributed by atoms with E-state index in [1.165, 1.54) is 4.90 Å². The van der Waals surface area contributed by atoms with Crippen molar-refractivity contribution in [3.8, 4) is 0 Å². The van der Waals surface area contributed by atoms with E-state index in [0.717, 1.165) is 0 Å². The third-order valence-electron chi connectivity index (χ3n) is 2.51. The molecule has 0 aromatic carbocycles. The lowest BCUT2D eigenvalue weighted by atomic mass is 10.00. The Labute approximate surface area is 64.5 Å². The fourth-order valence-electron chi connectivity index (χ4n) is 1.80. The third-order valence-corrected chi connectivity index (χ3v) is 2.51. The normalized spacial score (nSPS) is 36.6. The second kappa shape index (κ2) is 2.04. The molecule has 4 heteroatoms. The third kappa shape index (κ3) is 0.728. The summed E-state index contributed by atoms with van der Waals surface area (Å²) < 4.78 is 0. The van der Waals surface area contributed by atoms with Gasteiger partial charge in [-0.15, -0.1) is 0 Å². The molecule has 11 heavy (non-hydrogen) atoms. The van der Waals surface area contributed by atoms with Gasteiger partial charge in [0.25, 0.3) is 0 Å². The summed E-state index contributed by atoms with van der Waals surface area (Å²) in [6, 6.07) is 0. The van der Waals surface area contributed by atoms with Crippen LogP contribution in [0.15, 0.2) is 0 Å². The number of amides is 2. The Morgan fingerprint density at radius 2 is 1.73 bits per heavy atom. The quantitative estimate of drug-likeness (QED) is 0.447. The summed E-state index contributed by atoms with van der Waals surface area (Å²) in [5.74, 6) is -0.199. The molecule has 0 aliphatic carbocycles. The summed E-state index contributed by atoms with van der Waals surface area (Å²) in [5.41, 5.74) is 0. The summed E-state index contributed by atoms with van der Waals surface area (Å²) in [7, 11) is 1.56. The monoisotopic (exact) mass is 154 g/mol. The molecular formula is C7H10N2O2. The molecule has 2 atom stereocenters. The summed E-state index contributed by atoms with van der Waals surface area (Å²) in [4.78, 5) is 23.8. The molecule has 2 aliphatic heterocycles. The minimum absolute atomic E-state index is 0.0231. The van der Waals surface area contributed by atoms with Crippen LogP contribution in [0.25, 0.3) is 0 Å². The number of likely N-dealkylation sites (tertiary alicyclic amines) is 1. The van der Waals surface area contributed by atoms with Gasteiger partial charge in [0.1, 0.15) is 0 Å². The highest BCUT2D eigenvalue weighted by Gasteiger charge is 2.48. The Kier molecular flexibility index (Phi) is 1.26. The molecule has 60 valence electrons. The molecule has 0 saturated carbocycles. The summed E-state index contributed by atoms with van der Waals surface area (Å²) in [5, 5.41) is 3.04. The molecule has 2 fully saturated rings. The van der Waals surface area contributed by atoms with Crippen LogP contribution >= 0.6 is 0 Å². The highest BCUT2D eigenvalue weighted by Crippen LogP contribution is 2.27. The van der Waals surface area contributed by atoms with Crippen molar-refractivity contribution in [1.82, 2.24) is 10.2 Å². The Balaban J connectivity index is 2.30. The van der Waals surface area contributed by atoms with Crippen LogP contribution in [0.4, 0.5) is 0 Å². The number of hydrogen-bond acceptors (Lipinski definition) is 3. The molecular weight excluding hydrogens is 144 g/mol. The van der Waals surface area contributed by atoms with Crippen molar-refractivity contribution >= 4 is 11.8 Å². The molecule has 2 amide bonds. The minimum atomic E-state index is -0.0764. The van der Waals surface area contributed by atoms with Gasteiger partial charge in [-0.25, -0.2) is 0 Å². The molecule has 2 heterocycles. The average Bonchev–Trinajstić information content (AvgIpc) is 2.53. The lowest BCUT2D eigenvalue weighted by molar-refractivity contribution is -0.138. The highest BCUT2D eigenvalue weighted by atomic mass is 16.2. The number of imide groups is 1. The lowest BCUT2D eigenvalue weighted by Crippen LogP contribution is -2.30. The van der Waals surface area contributed by atoms with Gasteiger partial charge in [0.2, 0.25) is 11.8 Å². The smallest absolute Gasteiger partial charge is 0.234 e. The molecule has 2 aliphatic rings. The molecule has 1 N–H and O–H groups in total. The molecule has 0 spiro atoms. The van der Waals surface area contributed by atoms with Gasteiger partial charge >= 0.3 is 0 Å². The Hall–Kier alpha value is -0.900. The molecule has 0 bridgehead atoms. The van der Waals surface area contributed by atoms with Crippen LogP contribution in [0.1, 0.15) is 0 Å². The van der Waals surface area contributed by atoms with Crippen LogP contribution in [-0.2, 0) is 9.59 Å². The van der Waals surface area contributed by atoms with Crippen LogP contribution < -0.4 is 5.32 Å². The van der Waals surface area contributed by atoms with Gasteiger partial charge in [0.05, 0.1) is 11.8 Å². The van der Waals surface area contributed by atoms with E-state index in [1.807, 2.05) is 0 Å². The first-order valence-corrected chi connectivity index (χ1v) is 3.74. The Bertz CT molecular complexity index is 204. The van der Waals surface area contributed by atoms with Crippen molar-refractivity contribution in [2.45, 2.75) is 0 Å². The standard InChI is InChI=1S/C7H10N2O2/c1-9-6(10)4-2-8-3-5(4)7(9)11/h4-5,8H,2-3H2,1H3/t4-,5-/m1/s1. The summed E-state index contributed by atoms with van der Waals surface area (Å²) in [6.07, 6.45) is 0. The van der Waals surface area contributed by atoms with E-state index in [9.17, 15) is 9.59 Å². The first kappa shape index (κ1) is 6.79. The van der Waals surface area contributed by atoms with Crippen LogP contribution in [0, 0.1) is 11.8 Å². The second-order valence-corrected chi connectivity index (χ2v) is 3.11. The Morgan fingerprint density at radius 1 is 1.27 bits per heavy atom. The van der Waals surface area contributed by atoms with Gasteiger partial charge in [-0.3, -0.25) is 14.5 Å². The first-order valence-electron chi connectivity index (χ1n) is 3.74. The van der Waals surface area contributed by atoms with Crippen LogP contribution in [0.3, 0.4) is 0 Å². The predicted molar refractivity (Wildman–Crippen MR) is 37.6 cm³/mol. The number of rotatable bonds is 0. The molecule has 4 nitrogen and oxygen atoms in total. The molecule has 0 unspecified atom stereocenters. The first-order chi connectivity index (χ1) is 5.22. The van der Waals surface area contributed by atoms with Crippen molar-refractivity contribution in [3.05, 3.63) is 0 Å². The van der Waals surface area contributed by atoms with E-state index in [1.54, 1.807) is 7.05 Å². The molecule has 0 aromatic rings. The maximum Gasteiger partial charge on any atom is 0.234 e. The maximum atomic E-state index is 11.3. The summed E-state index contributed by atoms with van der Waals surface area (Å²) in [6.45, 7) is 1.33. The zero-order valence-corrected chi connectivity index (χ0v) is 6.33. The topological polar surface area (TPSA) is 49.4 Å². The zero-order chi connectivity index (χ0) is 8.01. The van der Waals surface area contributed by atoms with Gasteiger partial charge in [-0.2, -0.15) is 0 Å². The second-order valence-electron chi connectivity index (χ2n) is 3.11. The minimum Gasteiger partial charge on any atom is -0.315 e. The largest absolute Gasteiger partial charge is 0.315 e. The van der Waals surface area contributed by atoms with E-state index in [4.69, 9.17) is 0 Å².